The lowest BCUT2D eigenvalue weighted by molar-refractivity contribution is 0.0275. The molecular weight excluding hydrogens is 360 g/mol. The van der Waals surface area contributed by atoms with Crippen LogP contribution in [-0.4, -0.2) is 23.3 Å². The van der Waals surface area contributed by atoms with Crippen molar-refractivity contribution in [1.82, 2.24) is 4.98 Å². The van der Waals surface area contributed by atoms with Crippen molar-refractivity contribution in [3.63, 3.8) is 0 Å². The summed E-state index contributed by atoms with van der Waals surface area (Å²) >= 11 is 1.29. The number of rotatable bonds is 8. The van der Waals surface area contributed by atoms with Gasteiger partial charge in [0, 0.05) is 23.1 Å². The van der Waals surface area contributed by atoms with Crippen molar-refractivity contribution >= 4 is 28.2 Å². The van der Waals surface area contributed by atoms with Gasteiger partial charge in [0.2, 0.25) is 5.78 Å². The number of hydrogen-bond donors (Lipinski definition) is 1. The molecule has 3 aromatic rings. The normalized spacial score (nSPS) is 11.4. The number of hydrogen-bond acceptors (Lipinski definition) is 6. The Kier molecular flexibility index (Phi) is 6.12. The summed E-state index contributed by atoms with van der Waals surface area (Å²) in [5, 5.41) is 5.21. The number of nitrogens with zero attached hydrogens (tertiary/aromatic N) is 1. The van der Waals surface area contributed by atoms with Gasteiger partial charge in [0.25, 0.3) is 0 Å². The van der Waals surface area contributed by atoms with E-state index in [0.717, 1.165) is 0 Å². The van der Waals surface area contributed by atoms with E-state index in [-0.39, 0.29) is 11.5 Å². The van der Waals surface area contributed by atoms with Crippen LogP contribution in [0.4, 0.5) is 5.13 Å². The molecule has 6 heteroatoms. The molecule has 0 unspecified atom stereocenters. The number of anilines is 1. The Bertz CT molecular complexity index is 923. The zero-order valence-corrected chi connectivity index (χ0v) is 15.3. The lowest BCUT2D eigenvalue weighted by Crippen LogP contribution is -2.20. The van der Waals surface area contributed by atoms with Gasteiger partial charge < -0.3 is 10.1 Å². The van der Waals surface area contributed by atoms with Gasteiger partial charge in [0.1, 0.15) is 0 Å². The maximum atomic E-state index is 12.9. The van der Waals surface area contributed by atoms with Gasteiger partial charge in [-0.05, 0) is 0 Å². The second-order valence-electron chi connectivity index (χ2n) is 5.63. The highest BCUT2D eigenvalue weighted by Crippen LogP contribution is 2.25. The van der Waals surface area contributed by atoms with Crippen molar-refractivity contribution < 1.29 is 14.3 Å². The zero-order valence-electron chi connectivity index (χ0n) is 14.5. The number of benzene rings is 2. The summed E-state index contributed by atoms with van der Waals surface area (Å²) < 4.78 is 5.56. The van der Waals surface area contributed by atoms with Crippen LogP contribution in [0.15, 0.2) is 78.7 Å². The summed E-state index contributed by atoms with van der Waals surface area (Å²) in [4.78, 5) is 29.7. The largest absolute Gasteiger partial charge is 0.444 e. The van der Waals surface area contributed by atoms with Gasteiger partial charge in [-0.3, -0.25) is 4.79 Å². The van der Waals surface area contributed by atoms with Gasteiger partial charge in [-0.1, -0.05) is 66.7 Å². The van der Waals surface area contributed by atoms with E-state index < -0.39 is 12.1 Å². The number of ketones is 1. The van der Waals surface area contributed by atoms with Gasteiger partial charge in [0.05, 0.1) is 0 Å². The number of carbonyl (C=O) groups is 2. The summed E-state index contributed by atoms with van der Waals surface area (Å²) in [6, 6.07) is 17.7. The highest BCUT2D eigenvalue weighted by atomic mass is 32.1. The van der Waals surface area contributed by atoms with Crippen LogP contribution in [-0.2, 0) is 4.74 Å². The average Bonchev–Trinajstić information content (AvgIpc) is 3.20. The number of nitrogens with one attached hydrogen (secondary N) is 1. The van der Waals surface area contributed by atoms with Gasteiger partial charge in [-0.2, -0.15) is 0 Å². The fourth-order valence-electron chi connectivity index (χ4n) is 2.43. The molecule has 1 heterocycles. The molecule has 1 N–H and O–H groups in total. The zero-order chi connectivity index (χ0) is 19.1. The lowest BCUT2D eigenvalue weighted by atomic mass is 10.00. The average molecular weight is 378 g/mol. The predicted octanol–water partition coefficient (Wildman–Crippen LogP) is 4.52. The monoisotopic (exact) mass is 378 g/mol. The maximum Gasteiger partial charge on any atom is 0.358 e. The molecule has 0 amide bonds. The minimum Gasteiger partial charge on any atom is -0.444 e. The summed E-state index contributed by atoms with van der Waals surface area (Å²) in [5.74, 6) is -0.925. The molecule has 0 aliphatic heterocycles. The Labute approximate surface area is 161 Å². The highest BCUT2D eigenvalue weighted by Gasteiger charge is 2.27. The summed E-state index contributed by atoms with van der Waals surface area (Å²) in [7, 11) is 0. The SMILES string of the molecule is C=CCNc1nc(C(=O)O[C@@H](C(=O)c2ccccc2)c2ccccc2)cs1. The first-order valence-corrected chi connectivity index (χ1v) is 9.22. The van der Waals surface area contributed by atoms with Crippen LogP contribution in [0.1, 0.15) is 32.5 Å². The molecule has 27 heavy (non-hydrogen) atoms. The van der Waals surface area contributed by atoms with Crippen molar-refractivity contribution in [2.75, 3.05) is 11.9 Å². The van der Waals surface area contributed by atoms with E-state index in [2.05, 4.69) is 16.9 Å². The third-order valence-corrected chi connectivity index (χ3v) is 4.53. The van der Waals surface area contributed by atoms with Crippen molar-refractivity contribution in [1.29, 1.82) is 0 Å². The third kappa shape index (κ3) is 4.68. The Morgan fingerprint density at radius 1 is 1.11 bits per heavy atom. The molecule has 2 aromatic carbocycles. The van der Waals surface area contributed by atoms with Crippen LogP contribution in [0, 0.1) is 0 Å². The second kappa shape index (κ2) is 8.91. The number of carbonyl (C=O) groups excluding carboxylic acids is 2. The molecule has 0 radical (unpaired) electrons. The van der Waals surface area contributed by atoms with E-state index >= 15 is 0 Å². The van der Waals surface area contributed by atoms with Crippen LogP contribution in [0.2, 0.25) is 0 Å². The topological polar surface area (TPSA) is 68.3 Å². The number of thiazole rings is 1. The first-order valence-electron chi connectivity index (χ1n) is 8.34. The van der Waals surface area contributed by atoms with Gasteiger partial charge >= 0.3 is 5.97 Å². The van der Waals surface area contributed by atoms with Crippen molar-refractivity contribution in [2.24, 2.45) is 0 Å². The Balaban J connectivity index is 1.83. The van der Waals surface area contributed by atoms with Gasteiger partial charge in [-0.25, -0.2) is 9.78 Å². The first-order chi connectivity index (χ1) is 13.2. The third-order valence-electron chi connectivity index (χ3n) is 3.73. The minimum absolute atomic E-state index is 0.161. The molecule has 0 saturated carbocycles. The molecule has 0 fully saturated rings. The van der Waals surface area contributed by atoms with Crippen LogP contribution >= 0.6 is 11.3 Å². The Morgan fingerprint density at radius 2 is 1.78 bits per heavy atom. The van der Waals surface area contributed by atoms with Crippen LogP contribution in [0.5, 0.6) is 0 Å². The molecule has 1 aromatic heterocycles. The molecule has 136 valence electrons. The fraction of sp³-hybridized carbons (Fsp3) is 0.0952. The van der Waals surface area contributed by atoms with E-state index in [9.17, 15) is 9.59 Å². The number of ether oxygens (including phenoxy) is 1. The Hall–Kier alpha value is -3.25. The van der Waals surface area contributed by atoms with E-state index in [4.69, 9.17) is 4.74 Å². The van der Waals surface area contributed by atoms with Crippen LogP contribution in [0.25, 0.3) is 0 Å². The quantitative estimate of drug-likeness (QED) is 0.354. The maximum absolute atomic E-state index is 12.9. The lowest BCUT2D eigenvalue weighted by Gasteiger charge is -2.17. The van der Waals surface area contributed by atoms with Crippen molar-refractivity contribution in [2.45, 2.75) is 6.10 Å². The number of Topliss-reactive ketones (excluding diaryl/α,β-unsaturated/α-hetero) is 1. The summed E-state index contributed by atoms with van der Waals surface area (Å²) in [6.45, 7) is 4.17. The van der Waals surface area contributed by atoms with Crippen LogP contribution in [0.3, 0.4) is 0 Å². The molecule has 0 bridgehead atoms. The van der Waals surface area contributed by atoms with E-state index in [1.807, 2.05) is 12.1 Å². The first kappa shape index (κ1) is 18.5. The Morgan fingerprint density at radius 3 is 2.44 bits per heavy atom. The summed E-state index contributed by atoms with van der Waals surface area (Å²) in [5.41, 5.74) is 1.25. The number of aromatic nitrogens is 1. The minimum atomic E-state index is -1.03. The van der Waals surface area contributed by atoms with E-state index in [0.29, 0.717) is 22.8 Å². The van der Waals surface area contributed by atoms with Gasteiger partial charge in [0.15, 0.2) is 16.9 Å². The molecule has 0 aliphatic rings. The van der Waals surface area contributed by atoms with Crippen molar-refractivity contribution in [3.05, 3.63) is 95.5 Å². The standard InChI is InChI=1S/C21H18N2O3S/c1-2-13-22-21-23-17(14-27-21)20(25)26-19(16-11-7-4-8-12-16)18(24)15-9-5-3-6-10-15/h2-12,14,19H,1,13H2,(H,22,23)/t19-/m1/s1. The van der Waals surface area contributed by atoms with Gasteiger partial charge in [-0.15, -0.1) is 17.9 Å². The number of esters is 1. The van der Waals surface area contributed by atoms with E-state index in [1.165, 1.54) is 11.3 Å². The highest BCUT2D eigenvalue weighted by molar-refractivity contribution is 7.13. The molecular formula is C21H18N2O3S. The molecule has 0 spiro atoms. The molecule has 3 rings (SSSR count). The molecule has 0 saturated heterocycles. The smallest absolute Gasteiger partial charge is 0.358 e. The second-order valence-corrected chi connectivity index (χ2v) is 6.49. The fourth-order valence-corrected chi connectivity index (χ4v) is 3.12. The van der Waals surface area contributed by atoms with E-state index in [1.54, 1.807) is 60.0 Å². The molecule has 0 aliphatic carbocycles. The molecule has 5 nitrogen and oxygen atoms in total. The summed E-state index contributed by atoms with van der Waals surface area (Å²) in [6.07, 6.45) is 0.663. The molecule has 1 atom stereocenters. The predicted molar refractivity (Wildman–Crippen MR) is 106 cm³/mol. The van der Waals surface area contributed by atoms with Crippen molar-refractivity contribution in [3.8, 4) is 0 Å². The van der Waals surface area contributed by atoms with Crippen LogP contribution < -0.4 is 5.32 Å².